The molecular formula is C5H8N3O2S-. The number of carbonyl (C=O) groups excluding carboxylic acids is 1. The summed E-state index contributed by atoms with van der Waals surface area (Å²) < 4.78 is 0. The Hall–Kier alpha value is -0.870. The summed E-state index contributed by atoms with van der Waals surface area (Å²) >= 11 is 1.50. The van der Waals surface area contributed by atoms with Crippen LogP contribution in [0.4, 0.5) is 0 Å². The van der Waals surface area contributed by atoms with Crippen molar-refractivity contribution in [3.8, 4) is 0 Å². The lowest BCUT2D eigenvalue weighted by molar-refractivity contribution is -0.307. The van der Waals surface area contributed by atoms with Gasteiger partial charge in [-0.25, -0.2) is 0 Å². The normalized spacial score (nSPS) is 11.7. The molecule has 0 fully saturated rings. The van der Waals surface area contributed by atoms with Gasteiger partial charge in [0.05, 0.1) is 12.0 Å². The number of hydrogen-bond donors (Lipinski definition) is 0. The minimum atomic E-state index is -1.31. The molecule has 0 bridgehead atoms. The molecule has 0 aliphatic rings. The highest BCUT2D eigenvalue weighted by atomic mass is 32.2. The molecule has 11 heavy (non-hydrogen) atoms. The summed E-state index contributed by atoms with van der Waals surface area (Å²) in [7, 11) is 0. The van der Waals surface area contributed by atoms with E-state index in [1.54, 1.807) is 0 Å². The highest BCUT2D eigenvalue weighted by Gasteiger charge is 2.05. The summed E-state index contributed by atoms with van der Waals surface area (Å²) in [6.07, 6.45) is 2.18. The highest BCUT2D eigenvalue weighted by Crippen LogP contribution is 2.03. The van der Waals surface area contributed by atoms with E-state index >= 15 is 0 Å². The lowest BCUT2D eigenvalue weighted by atomic mass is 10.2. The van der Waals surface area contributed by atoms with Crippen molar-refractivity contribution in [1.82, 2.24) is 0 Å². The Balaban J connectivity index is 3.89. The Bertz CT molecular complexity index is 177. The molecule has 0 N–H and O–H groups in total. The average molecular weight is 174 g/mol. The van der Waals surface area contributed by atoms with Gasteiger partial charge in [0.25, 0.3) is 0 Å². The van der Waals surface area contributed by atoms with Crippen molar-refractivity contribution in [1.29, 1.82) is 0 Å². The van der Waals surface area contributed by atoms with Crippen LogP contribution in [0.25, 0.3) is 10.4 Å². The standard InChI is InChI=1S/C5H9N3O2S/c1-11-3-2-4(5(9)10)7-8-6/h4H,2-3H2,1H3,(H,9,10)/p-1. The summed E-state index contributed by atoms with van der Waals surface area (Å²) in [5.74, 6) is -0.658. The molecular weight excluding hydrogens is 166 g/mol. The van der Waals surface area contributed by atoms with Crippen molar-refractivity contribution >= 4 is 17.7 Å². The summed E-state index contributed by atoms with van der Waals surface area (Å²) in [4.78, 5) is 12.6. The van der Waals surface area contributed by atoms with Gasteiger partial charge in [0.2, 0.25) is 0 Å². The van der Waals surface area contributed by atoms with Crippen molar-refractivity contribution in [2.45, 2.75) is 12.5 Å². The molecule has 62 valence electrons. The van der Waals surface area contributed by atoms with E-state index in [4.69, 9.17) is 5.53 Å². The predicted molar refractivity (Wildman–Crippen MR) is 40.9 cm³/mol. The fraction of sp³-hybridized carbons (Fsp3) is 0.800. The first-order valence-electron chi connectivity index (χ1n) is 2.96. The van der Waals surface area contributed by atoms with Gasteiger partial charge in [-0.05, 0) is 24.0 Å². The van der Waals surface area contributed by atoms with E-state index < -0.39 is 12.0 Å². The lowest BCUT2D eigenvalue weighted by Crippen LogP contribution is -2.34. The van der Waals surface area contributed by atoms with Crippen molar-refractivity contribution in [2.24, 2.45) is 5.11 Å². The van der Waals surface area contributed by atoms with Gasteiger partial charge in [0.15, 0.2) is 0 Å². The van der Waals surface area contributed by atoms with Crippen LogP contribution < -0.4 is 5.11 Å². The first kappa shape index (κ1) is 10.1. The average Bonchev–Trinajstić information content (AvgIpc) is 1.97. The maximum Gasteiger partial charge on any atom is 0.0778 e. The molecule has 0 aliphatic carbocycles. The van der Waals surface area contributed by atoms with E-state index in [2.05, 4.69) is 10.0 Å². The van der Waals surface area contributed by atoms with E-state index in [1.807, 2.05) is 6.26 Å². The van der Waals surface area contributed by atoms with E-state index in [0.29, 0.717) is 12.2 Å². The summed E-state index contributed by atoms with van der Waals surface area (Å²) in [6, 6.07) is -1.02. The molecule has 0 heterocycles. The van der Waals surface area contributed by atoms with E-state index in [1.165, 1.54) is 11.8 Å². The van der Waals surface area contributed by atoms with Crippen LogP contribution in [-0.4, -0.2) is 24.0 Å². The van der Waals surface area contributed by atoms with Gasteiger partial charge in [-0.15, -0.1) is 0 Å². The van der Waals surface area contributed by atoms with Crippen LogP contribution in [-0.2, 0) is 4.79 Å². The maximum absolute atomic E-state index is 10.2. The van der Waals surface area contributed by atoms with E-state index in [-0.39, 0.29) is 0 Å². The van der Waals surface area contributed by atoms with Crippen LogP contribution in [0.2, 0.25) is 0 Å². The molecule has 0 amide bonds. The summed E-state index contributed by atoms with van der Waals surface area (Å²) in [6.45, 7) is 0. The van der Waals surface area contributed by atoms with Crippen LogP contribution in [0, 0.1) is 0 Å². The zero-order chi connectivity index (χ0) is 8.69. The van der Waals surface area contributed by atoms with Gasteiger partial charge in [-0.3, -0.25) is 0 Å². The van der Waals surface area contributed by atoms with Gasteiger partial charge >= 0.3 is 0 Å². The largest absolute Gasteiger partial charge is 0.550 e. The third-order valence-corrected chi connectivity index (χ3v) is 1.70. The molecule has 5 nitrogen and oxygen atoms in total. The Labute approximate surface area is 68.4 Å². The Morgan fingerprint density at radius 3 is 2.91 bits per heavy atom. The van der Waals surface area contributed by atoms with Gasteiger partial charge < -0.3 is 9.90 Å². The lowest BCUT2D eigenvalue weighted by Gasteiger charge is -2.09. The van der Waals surface area contributed by atoms with Crippen LogP contribution >= 0.6 is 11.8 Å². The number of nitrogens with zero attached hydrogens (tertiary/aromatic N) is 3. The number of carbonyl (C=O) groups is 1. The van der Waals surface area contributed by atoms with Gasteiger partial charge in [-0.2, -0.15) is 11.8 Å². The van der Waals surface area contributed by atoms with Crippen LogP contribution in [0.15, 0.2) is 5.11 Å². The molecule has 0 aliphatic heterocycles. The van der Waals surface area contributed by atoms with Crippen molar-refractivity contribution in [3.63, 3.8) is 0 Å². The SMILES string of the molecule is CSCCC(N=[N+]=[N-])C(=O)[O-]. The molecule has 0 aromatic heterocycles. The highest BCUT2D eigenvalue weighted by molar-refractivity contribution is 7.98. The smallest absolute Gasteiger partial charge is 0.0778 e. The van der Waals surface area contributed by atoms with Crippen molar-refractivity contribution in [3.05, 3.63) is 10.4 Å². The van der Waals surface area contributed by atoms with Crippen LogP contribution in [0.1, 0.15) is 6.42 Å². The second kappa shape index (κ2) is 5.88. The molecule has 1 unspecified atom stereocenters. The summed E-state index contributed by atoms with van der Waals surface area (Å²) in [5, 5.41) is 13.3. The molecule has 1 atom stereocenters. The van der Waals surface area contributed by atoms with Gasteiger partial charge in [0.1, 0.15) is 0 Å². The van der Waals surface area contributed by atoms with E-state index in [9.17, 15) is 9.90 Å². The fourth-order valence-corrected chi connectivity index (χ4v) is 0.974. The van der Waals surface area contributed by atoms with Gasteiger partial charge in [0, 0.05) is 4.91 Å². The Morgan fingerprint density at radius 2 is 2.55 bits per heavy atom. The van der Waals surface area contributed by atoms with Crippen LogP contribution in [0.5, 0.6) is 0 Å². The number of rotatable bonds is 5. The number of carboxylic acids is 1. The number of carboxylic acid groups (broad SMARTS) is 1. The first-order chi connectivity index (χ1) is 5.22. The third-order valence-electron chi connectivity index (χ3n) is 1.06. The summed E-state index contributed by atoms with van der Waals surface area (Å²) in [5.41, 5.74) is 7.95. The Kier molecular flexibility index (Phi) is 5.42. The third kappa shape index (κ3) is 4.52. The first-order valence-corrected chi connectivity index (χ1v) is 4.35. The molecule has 0 radical (unpaired) electrons. The molecule has 0 saturated carbocycles. The molecule has 6 heteroatoms. The van der Waals surface area contributed by atoms with E-state index in [0.717, 1.165) is 0 Å². The molecule has 0 saturated heterocycles. The Morgan fingerprint density at radius 1 is 1.91 bits per heavy atom. The second-order valence-electron chi connectivity index (χ2n) is 1.82. The predicted octanol–water partition coefficient (Wildman–Crippen LogP) is 0.168. The van der Waals surface area contributed by atoms with Gasteiger partial charge in [-0.1, -0.05) is 5.11 Å². The molecule has 0 spiro atoms. The maximum atomic E-state index is 10.2. The fourth-order valence-electron chi connectivity index (χ4n) is 0.515. The minimum absolute atomic E-state index is 0.327. The van der Waals surface area contributed by atoms with Crippen LogP contribution in [0.3, 0.4) is 0 Å². The molecule has 0 aromatic rings. The number of hydrogen-bond acceptors (Lipinski definition) is 4. The monoisotopic (exact) mass is 174 g/mol. The topological polar surface area (TPSA) is 88.9 Å². The zero-order valence-electron chi connectivity index (χ0n) is 6.06. The number of thioether (sulfide) groups is 1. The molecule has 0 rings (SSSR count). The quantitative estimate of drug-likeness (QED) is 0.338. The zero-order valence-corrected chi connectivity index (χ0v) is 6.87. The molecule has 0 aromatic carbocycles. The van der Waals surface area contributed by atoms with Crippen molar-refractivity contribution in [2.75, 3.05) is 12.0 Å². The number of azide groups is 1. The number of aliphatic carboxylic acids is 1. The second-order valence-corrected chi connectivity index (χ2v) is 2.81. The minimum Gasteiger partial charge on any atom is -0.550 e. The van der Waals surface area contributed by atoms with Crippen molar-refractivity contribution < 1.29 is 9.90 Å².